The summed E-state index contributed by atoms with van der Waals surface area (Å²) in [6, 6.07) is 11.6. The first-order valence-electron chi connectivity index (χ1n) is 7.11. The van der Waals surface area contributed by atoms with Crippen LogP contribution < -0.4 is 0 Å². The largest absolute Gasteiger partial charge is 0.606 e. The second-order valence-electron chi connectivity index (χ2n) is 5.18. The third-order valence-electron chi connectivity index (χ3n) is 3.98. The highest BCUT2D eigenvalue weighted by Gasteiger charge is 2.31. The highest BCUT2D eigenvalue weighted by atomic mass is 32.2. The van der Waals surface area contributed by atoms with Crippen LogP contribution >= 0.6 is 0 Å². The fourth-order valence-electron chi connectivity index (χ4n) is 2.98. The van der Waals surface area contributed by atoms with E-state index in [0.29, 0.717) is 12.8 Å². The first-order chi connectivity index (χ1) is 10.3. The number of aliphatic hydroxyl groups is 2. The second-order valence-corrected chi connectivity index (χ2v) is 6.60. The summed E-state index contributed by atoms with van der Waals surface area (Å²) in [6.07, 6.45) is 1.89. The topological polar surface area (TPSA) is 63.5 Å². The van der Waals surface area contributed by atoms with Crippen LogP contribution in [0.3, 0.4) is 0 Å². The quantitative estimate of drug-likeness (QED) is 0.847. The van der Waals surface area contributed by atoms with Crippen molar-refractivity contribution >= 4 is 11.2 Å². The number of aliphatic hydroxyl groups excluding tert-OH is 2. The van der Waals surface area contributed by atoms with E-state index >= 15 is 0 Å². The van der Waals surface area contributed by atoms with Crippen LogP contribution in [0.15, 0.2) is 46.2 Å². The second kappa shape index (κ2) is 6.20. The van der Waals surface area contributed by atoms with Crippen molar-refractivity contribution in [2.75, 3.05) is 13.2 Å². The molecule has 1 heterocycles. The molecule has 3 rings (SSSR count). The van der Waals surface area contributed by atoms with Gasteiger partial charge in [-0.25, -0.2) is 0 Å². The minimum atomic E-state index is -1.18. The predicted molar refractivity (Wildman–Crippen MR) is 81.9 cm³/mol. The van der Waals surface area contributed by atoms with E-state index in [2.05, 4.69) is 0 Å². The number of fused-ring (bicyclic) bond motifs is 2. The summed E-state index contributed by atoms with van der Waals surface area (Å²) < 4.78 is 12.8. The van der Waals surface area contributed by atoms with Gasteiger partial charge in [0.05, 0.1) is 0 Å². The molecule has 110 valence electrons. The molecular weight excluding hydrogens is 284 g/mol. The molecule has 0 atom stereocenters. The Labute approximate surface area is 127 Å². The van der Waals surface area contributed by atoms with Crippen molar-refractivity contribution < 1.29 is 14.8 Å². The molecule has 0 bridgehead atoms. The van der Waals surface area contributed by atoms with Crippen LogP contribution in [-0.2, 0) is 30.4 Å². The van der Waals surface area contributed by atoms with E-state index < -0.39 is 11.2 Å². The lowest BCUT2D eigenvalue weighted by Gasteiger charge is -2.25. The van der Waals surface area contributed by atoms with Gasteiger partial charge in [-0.3, -0.25) is 0 Å². The Hall–Kier alpha value is -1.33. The first-order valence-corrected chi connectivity index (χ1v) is 8.26. The van der Waals surface area contributed by atoms with Gasteiger partial charge in [0.2, 0.25) is 0 Å². The smallest absolute Gasteiger partial charge is 0.162 e. The molecule has 0 saturated carbocycles. The average Bonchev–Trinajstić information content (AvgIpc) is 2.50. The van der Waals surface area contributed by atoms with E-state index in [1.54, 1.807) is 0 Å². The van der Waals surface area contributed by atoms with Crippen molar-refractivity contribution in [3.8, 4) is 0 Å². The highest BCUT2D eigenvalue weighted by Crippen LogP contribution is 2.37. The Morgan fingerprint density at radius 3 is 1.76 bits per heavy atom. The van der Waals surface area contributed by atoms with Gasteiger partial charge in [-0.1, -0.05) is 24.3 Å². The monoisotopic (exact) mass is 302 g/mol. The molecule has 1 aliphatic rings. The summed E-state index contributed by atoms with van der Waals surface area (Å²) in [5.74, 6) is 0. The Kier molecular flexibility index (Phi) is 4.31. The van der Waals surface area contributed by atoms with E-state index in [1.165, 1.54) is 0 Å². The molecule has 1 aliphatic heterocycles. The van der Waals surface area contributed by atoms with E-state index in [9.17, 15) is 14.8 Å². The lowest BCUT2D eigenvalue weighted by atomic mass is 9.93. The molecule has 2 aromatic rings. The number of hydrogen-bond donors (Lipinski definition) is 2. The zero-order valence-corrected chi connectivity index (χ0v) is 12.5. The van der Waals surface area contributed by atoms with E-state index in [0.717, 1.165) is 38.5 Å². The van der Waals surface area contributed by atoms with Crippen molar-refractivity contribution in [3.05, 3.63) is 58.7 Å². The summed E-state index contributed by atoms with van der Waals surface area (Å²) in [5, 5.41) is 18.4. The molecule has 2 N–H and O–H groups in total. The van der Waals surface area contributed by atoms with Gasteiger partial charge < -0.3 is 14.8 Å². The van der Waals surface area contributed by atoms with Gasteiger partial charge in [0.25, 0.3) is 0 Å². The Morgan fingerprint density at radius 1 is 0.857 bits per heavy atom. The summed E-state index contributed by atoms with van der Waals surface area (Å²) >= 11 is -1.18. The number of benzene rings is 2. The van der Waals surface area contributed by atoms with Gasteiger partial charge in [0, 0.05) is 41.9 Å². The molecule has 0 aromatic heterocycles. The highest BCUT2D eigenvalue weighted by molar-refractivity contribution is 7.91. The molecule has 0 saturated heterocycles. The summed E-state index contributed by atoms with van der Waals surface area (Å²) in [4.78, 5) is 1.71. The van der Waals surface area contributed by atoms with Gasteiger partial charge in [-0.15, -0.1) is 0 Å². The maximum absolute atomic E-state index is 12.8. The van der Waals surface area contributed by atoms with Crippen LogP contribution in [0.2, 0.25) is 0 Å². The molecule has 3 nitrogen and oxygen atoms in total. The van der Waals surface area contributed by atoms with Crippen molar-refractivity contribution in [1.29, 1.82) is 0 Å². The van der Waals surface area contributed by atoms with Crippen LogP contribution in [0, 0.1) is 0 Å². The molecule has 0 amide bonds. The number of rotatable bonds is 4. The molecule has 0 radical (unpaired) electrons. The van der Waals surface area contributed by atoms with Crippen LogP contribution in [-0.4, -0.2) is 28.0 Å². The molecule has 4 heteroatoms. The fourth-order valence-corrected chi connectivity index (χ4v) is 4.47. The zero-order chi connectivity index (χ0) is 14.8. The predicted octanol–water partition coefficient (Wildman–Crippen LogP) is 1.83. The van der Waals surface area contributed by atoms with Crippen LogP contribution in [0.1, 0.15) is 22.3 Å². The van der Waals surface area contributed by atoms with Gasteiger partial charge >= 0.3 is 0 Å². The van der Waals surface area contributed by atoms with Crippen LogP contribution in [0.5, 0.6) is 0 Å². The Morgan fingerprint density at radius 2 is 1.33 bits per heavy atom. The maximum atomic E-state index is 12.8. The van der Waals surface area contributed by atoms with E-state index in [4.69, 9.17) is 0 Å². The number of hydrogen-bond acceptors (Lipinski definition) is 3. The van der Waals surface area contributed by atoms with Gasteiger partial charge in [-0.05, 0) is 36.1 Å². The molecule has 2 aromatic carbocycles. The minimum absolute atomic E-state index is 0.0915. The molecule has 0 aliphatic carbocycles. The normalized spacial score (nSPS) is 13.9. The molecule has 0 unspecified atom stereocenters. The van der Waals surface area contributed by atoms with Crippen molar-refractivity contribution in [3.63, 3.8) is 0 Å². The van der Waals surface area contributed by atoms with Crippen molar-refractivity contribution in [1.82, 2.24) is 0 Å². The Balaban J connectivity index is 2.11. The van der Waals surface area contributed by atoms with Gasteiger partial charge in [0.1, 0.15) is 0 Å². The fraction of sp³-hybridized carbons (Fsp3) is 0.294. The van der Waals surface area contributed by atoms with E-state index in [-0.39, 0.29) is 13.2 Å². The summed E-state index contributed by atoms with van der Waals surface area (Å²) in [7, 11) is 0. The third-order valence-corrected chi connectivity index (χ3v) is 5.54. The minimum Gasteiger partial charge on any atom is -0.606 e. The third kappa shape index (κ3) is 2.60. The van der Waals surface area contributed by atoms with Crippen LogP contribution in [0.4, 0.5) is 0 Å². The molecule has 0 spiro atoms. The SMILES string of the molecule is [O-][S+]1c2cccc(CCO)c2Cc2c(CCO)cccc21. The lowest BCUT2D eigenvalue weighted by Crippen LogP contribution is -2.18. The first kappa shape index (κ1) is 14.6. The molecule has 21 heavy (non-hydrogen) atoms. The average molecular weight is 302 g/mol. The summed E-state index contributed by atoms with van der Waals surface area (Å²) in [5.41, 5.74) is 4.27. The zero-order valence-electron chi connectivity index (χ0n) is 11.7. The maximum Gasteiger partial charge on any atom is 0.162 e. The van der Waals surface area contributed by atoms with Crippen molar-refractivity contribution in [2.24, 2.45) is 0 Å². The Bertz CT molecular complexity index is 599. The molecular formula is C17H18O3S. The van der Waals surface area contributed by atoms with Crippen LogP contribution in [0.25, 0.3) is 0 Å². The lowest BCUT2D eigenvalue weighted by molar-refractivity contribution is 0.299. The van der Waals surface area contributed by atoms with E-state index in [1.807, 2.05) is 36.4 Å². The van der Waals surface area contributed by atoms with Crippen molar-refractivity contribution in [2.45, 2.75) is 29.1 Å². The standard InChI is InChI=1S/C17H18O3S/c18-9-7-12-3-1-5-16-14(12)11-15-13(8-10-19)4-2-6-17(15)21(16)20/h1-6,18-19H,7-11H2. The van der Waals surface area contributed by atoms with Gasteiger partial charge in [0.15, 0.2) is 9.79 Å². The molecule has 0 fully saturated rings. The van der Waals surface area contributed by atoms with Gasteiger partial charge in [-0.2, -0.15) is 0 Å². The summed E-state index contributed by atoms with van der Waals surface area (Å²) in [6.45, 7) is 0.183.